The topological polar surface area (TPSA) is 78.9 Å². The zero-order chi connectivity index (χ0) is 45.8. The van der Waals surface area contributed by atoms with Crippen LogP contribution in [0.15, 0.2) is 97.2 Å². The van der Waals surface area contributed by atoms with E-state index in [9.17, 15) is 14.4 Å². The molecule has 0 rings (SSSR count). The van der Waals surface area contributed by atoms with Crippen molar-refractivity contribution in [3.05, 3.63) is 97.2 Å². The molecule has 0 saturated carbocycles. The van der Waals surface area contributed by atoms with Crippen LogP contribution in [0.4, 0.5) is 0 Å². The van der Waals surface area contributed by atoms with Crippen molar-refractivity contribution < 1.29 is 28.6 Å². The number of unbranched alkanes of at least 4 members (excludes halogenated alkanes) is 18. The largest absolute Gasteiger partial charge is 0.462 e. The summed E-state index contributed by atoms with van der Waals surface area (Å²) in [6.45, 7) is 6.40. The molecule has 0 spiro atoms. The molecule has 0 aliphatic carbocycles. The van der Waals surface area contributed by atoms with Crippen LogP contribution in [0.3, 0.4) is 0 Å². The van der Waals surface area contributed by atoms with Crippen molar-refractivity contribution >= 4 is 17.9 Å². The lowest BCUT2D eigenvalue weighted by atomic mass is 10.1. The zero-order valence-electron chi connectivity index (χ0n) is 40.8. The maximum absolute atomic E-state index is 12.8. The third-order valence-electron chi connectivity index (χ3n) is 10.5. The standard InChI is InChI=1S/C57H94O6/c1-4-7-10-13-16-19-22-25-27-29-31-32-35-38-41-44-47-50-56(59)62-53-54(52-61-55(58)49-46-43-40-37-34-24-21-18-15-12-9-6-3)63-57(60)51-48-45-42-39-36-33-30-28-26-23-20-17-14-11-8-5-2/h8,11,17-18,20-21,25-28,31-33,36,38,41,54H,4-7,9-10,12-16,19,22-24,29-30,34-35,37,39-40,42-53H2,1-3H3/b11-8-,20-17-,21-18-,27-25-,28-26-,32-31-,36-33-,41-38-. The lowest BCUT2D eigenvalue weighted by molar-refractivity contribution is -0.167. The van der Waals surface area contributed by atoms with Gasteiger partial charge in [0.25, 0.3) is 0 Å². The summed E-state index contributed by atoms with van der Waals surface area (Å²) >= 11 is 0. The van der Waals surface area contributed by atoms with Gasteiger partial charge in [-0.2, -0.15) is 0 Å². The van der Waals surface area contributed by atoms with Gasteiger partial charge in [-0.05, 0) is 116 Å². The first kappa shape index (κ1) is 59.3. The molecule has 0 aliphatic rings. The van der Waals surface area contributed by atoms with Gasteiger partial charge in [0.05, 0.1) is 0 Å². The molecule has 0 radical (unpaired) electrons. The quantitative estimate of drug-likeness (QED) is 0.0262. The van der Waals surface area contributed by atoms with E-state index in [0.717, 1.165) is 96.3 Å². The van der Waals surface area contributed by atoms with E-state index in [-0.39, 0.29) is 44.0 Å². The molecule has 6 heteroatoms. The molecule has 6 nitrogen and oxygen atoms in total. The molecule has 0 N–H and O–H groups in total. The molecule has 0 aromatic rings. The number of hydrogen-bond acceptors (Lipinski definition) is 6. The molecular weight excluding hydrogens is 781 g/mol. The Morgan fingerprint density at radius 3 is 1.10 bits per heavy atom. The van der Waals surface area contributed by atoms with Crippen molar-refractivity contribution in [1.82, 2.24) is 0 Å². The van der Waals surface area contributed by atoms with E-state index in [0.29, 0.717) is 19.3 Å². The maximum atomic E-state index is 12.8. The highest BCUT2D eigenvalue weighted by Gasteiger charge is 2.19. The Balaban J connectivity index is 4.54. The molecule has 358 valence electrons. The highest BCUT2D eigenvalue weighted by Crippen LogP contribution is 2.12. The Kier molecular flexibility index (Phi) is 48.0. The van der Waals surface area contributed by atoms with Crippen LogP contribution < -0.4 is 0 Å². The van der Waals surface area contributed by atoms with E-state index in [2.05, 4.69) is 118 Å². The lowest BCUT2D eigenvalue weighted by Crippen LogP contribution is -2.30. The first-order chi connectivity index (χ1) is 31.0. The van der Waals surface area contributed by atoms with E-state index in [1.54, 1.807) is 0 Å². The van der Waals surface area contributed by atoms with Crippen molar-refractivity contribution in [1.29, 1.82) is 0 Å². The van der Waals surface area contributed by atoms with E-state index in [1.165, 1.54) is 77.0 Å². The summed E-state index contributed by atoms with van der Waals surface area (Å²) in [5.41, 5.74) is 0. The van der Waals surface area contributed by atoms with E-state index in [1.807, 2.05) is 0 Å². The van der Waals surface area contributed by atoms with Gasteiger partial charge in [0.1, 0.15) is 13.2 Å². The van der Waals surface area contributed by atoms with Crippen molar-refractivity contribution in [2.75, 3.05) is 13.2 Å². The van der Waals surface area contributed by atoms with Crippen LogP contribution >= 0.6 is 0 Å². The monoisotopic (exact) mass is 875 g/mol. The van der Waals surface area contributed by atoms with Crippen LogP contribution in [0.1, 0.15) is 226 Å². The fourth-order valence-corrected chi connectivity index (χ4v) is 6.68. The van der Waals surface area contributed by atoms with Gasteiger partial charge >= 0.3 is 17.9 Å². The predicted molar refractivity (Wildman–Crippen MR) is 270 cm³/mol. The summed E-state index contributed by atoms with van der Waals surface area (Å²) in [5.74, 6) is -1.01. The normalized spacial score (nSPS) is 12.9. The number of hydrogen-bond donors (Lipinski definition) is 0. The number of carbonyl (C=O) groups excluding carboxylic acids is 3. The first-order valence-corrected chi connectivity index (χ1v) is 25.7. The second-order valence-corrected chi connectivity index (χ2v) is 16.7. The van der Waals surface area contributed by atoms with Crippen LogP contribution in [-0.4, -0.2) is 37.2 Å². The van der Waals surface area contributed by atoms with Gasteiger partial charge in [-0.15, -0.1) is 0 Å². The Morgan fingerprint density at radius 2 is 0.635 bits per heavy atom. The lowest BCUT2D eigenvalue weighted by Gasteiger charge is -2.18. The average molecular weight is 875 g/mol. The smallest absolute Gasteiger partial charge is 0.306 e. The second-order valence-electron chi connectivity index (χ2n) is 16.7. The van der Waals surface area contributed by atoms with E-state index in [4.69, 9.17) is 14.2 Å². The average Bonchev–Trinajstić information content (AvgIpc) is 3.28. The van der Waals surface area contributed by atoms with E-state index >= 15 is 0 Å². The van der Waals surface area contributed by atoms with Crippen molar-refractivity contribution in [2.45, 2.75) is 232 Å². The summed E-state index contributed by atoms with van der Waals surface area (Å²) in [5, 5.41) is 0. The molecule has 0 heterocycles. The Labute approximate surface area is 387 Å². The van der Waals surface area contributed by atoms with Crippen LogP contribution in [-0.2, 0) is 28.6 Å². The Bertz CT molecular complexity index is 1280. The second kappa shape index (κ2) is 51.0. The Hall–Kier alpha value is -3.67. The highest BCUT2D eigenvalue weighted by atomic mass is 16.6. The van der Waals surface area contributed by atoms with Crippen LogP contribution in [0.5, 0.6) is 0 Å². The summed E-state index contributed by atoms with van der Waals surface area (Å²) < 4.78 is 16.7. The molecule has 0 aromatic heterocycles. The molecule has 0 aliphatic heterocycles. The first-order valence-electron chi connectivity index (χ1n) is 25.7. The van der Waals surface area contributed by atoms with Gasteiger partial charge < -0.3 is 14.2 Å². The maximum Gasteiger partial charge on any atom is 0.306 e. The van der Waals surface area contributed by atoms with Crippen LogP contribution in [0.2, 0.25) is 0 Å². The van der Waals surface area contributed by atoms with Crippen molar-refractivity contribution in [3.63, 3.8) is 0 Å². The number of rotatable bonds is 45. The van der Waals surface area contributed by atoms with Gasteiger partial charge in [-0.1, -0.05) is 189 Å². The minimum Gasteiger partial charge on any atom is -0.462 e. The van der Waals surface area contributed by atoms with Gasteiger partial charge in [-0.25, -0.2) is 0 Å². The van der Waals surface area contributed by atoms with Crippen molar-refractivity contribution in [2.24, 2.45) is 0 Å². The molecule has 1 unspecified atom stereocenters. The highest BCUT2D eigenvalue weighted by molar-refractivity contribution is 5.71. The molecule has 0 aromatic carbocycles. The third kappa shape index (κ3) is 49.2. The number of carbonyl (C=O) groups is 3. The van der Waals surface area contributed by atoms with E-state index < -0.39 is 6.10 Å². The number of ether oxygens (including phenoxy) is 3. The number of esters is 3. The fourth-order valence-electron chi connectivity index (χ4n) is 6.68. The fraction of sp³-hybridized carbons (Fsp3) is 0.667. The van der Waals surface area contributed by atoms with Gasteiger partial charge in [0.2, 0.25) is 0 Å². The third-order valence-corrected chi connectivity index (χ3v) is 10.5. The molecule has 63 heavy (non-hydrogen) atoms. The summed E-state index contributed by atoms with van der Waals surface area (Å²) in [6.07, 6.45) is 66.8. The van der Waals surface area contributed by atoms with Gasteiger partial charge in [0, 0.05) is 19.3 Å². The minimum absolute atomic E-state index is 0.112. The summed E-state index contributed by atoms with van der Waals surface area (Å²) in [4.78, 5) is 37.9. The van der Waals surface area contributed by atoms with Gasteiger partial charge in [0.15, 0.2) is 6.10 Å². The zero-order valence-corrected chi connectivity index (χ0v) is 40.8. The molecule has 0 bridgehead atoms. The molecule has 0 fully saturated rings. The molecule has 1 atom stereocenters. The van der Waals surface area contributed by atoms with Crippen LogP contribution in [0, 0.1) is 0 Å². The van der Waals surface area contributed by atoms with Crippen LogP contribution in [0.25, 0.3) is 0 Å². The number of allylic oxidation sites excluding steroid dienone is 16. The minimum atomic E-state index is -0.818. The molecular formula is C57H94O6. The van der Waals surface area contributed by atoms with Crippen molar-refractivity contribution in [3.8, 4) is 0 Å². The summed E-state index contributed by atoms with van der Waals surface area (Å²) in [7, 11) is 0. The predicted octanol–water partition coefficient (Wildman–Crippen LogP) is 17.0. The molecule has 0 amide bonds. The summed E-state index contributed by atoms with van der Waals surface area (Å²) in [6, 6.07) is 0. The molecule has 0 saturated heterocycles. The SMILES string of the molecule is CC/C=C\C/C=C\C/C=C\C/C=C\CCCCCC(=O)OC(COC(=O)CCC/C=C\C/C=C\C/C=C\CCCCCCCC)COC(=O)CCCCCCC/C=C\CCCCC. The Morgan fingerprint density at radius 1 is 0.333 bits per heavy atom. The van der Waals surface area contributed by atoms with Gasteiger partial charge in [-0.3, -0.25) is 14.4 Å².